The molecule has 0 aliphatic carbocycles. The molecule has 1 amide bonds. The van der Waals surface area contributed by atoms with Crippen LogP contribution in [-0.4, -0.2) is 34.1 Å². The number of hydrogen-bond donors (Lipinski definition) is 1. The molecule has 0 unspecified atom stereocenters. The zero-order chi connectivity index (χ0) is 18.8. The van der Waals surface area contributed by atoms with E-state index in [4.69, 9.17) is 21.9 Å². The second kappa shape index (κ2) is 7.36. The van der Waals surface area contributed by atoms with Crippen molar-refractivity contribution >= 4 is 23.3 Å². The van der Waals surface area contributed by atoms with E-state index < -0.39 is 0 Å². The van der Waals surface area contributed by atoms with Crippen molar-refractivity contribution in [2.75, 3.05) is 18.0 Å². The second-order valence-corrected chi connectivity index (χ2v) is 6.94. The second-order valence-electron chi connectivity index (χ2n) is 6.50. The maximum atomic E-state index is 11.3. The molecule has 0 radical (unpaired) electrons. The van der Waals surface area contributed by atoms with Gasteiger partial charge in [-0.3, -0.25) is 4.79 Å². The molecule has 4 rings (SSSR count). The Hall–Kier alpha value is -2.93. The summed E-state index contributed by atoms with van der Waals surface area (Å²) >= 11 is 6.01. The van der Waals surface area contributed by atoms with Gasteiger partial charge in [-0.1, -0.05) is 28.9 Å². The summed E-state index contributed by atoms with van der Waals surface area (Å²) < 4.78 is 5.36. The van der Waals surface area contributed by atoms with Crippen LogP contribution in [0, 0.1) is 5.92 Å². The summed E-state index contributed by atoms with van der Waals surface area (Å²) in [7, 11) is 0. The van der Waals surface area contributed by atoms with Crippen molar-refractivity contribution in [3.05, 3.63) is 47.6 Å². The van der Waals surface area contributed by atoms with Gasteiger partial charge in [0, 0.05) is 35.8 Å². The van der Waals surface area contributed by atoms with Crippen LogP contribution in [0.1, 0.15) is 12.8 Å². The first kappa shape index (κ1) is 17.5. The number of nitrogens with two attached hydrogens (primary N) is 1. The largest absolute Gasteiger partial charge is 0.369 e. The zero-order valence-electron chi connectivity index (χ0n) is 14.5. The van der Waals surface area contributed by atoms with Crippen LogP contribution in [0.3, 0.4) is 0 Å². The van der Waals surface area contributed by atoms with Gasteiger partial charge in [0.2, 0.25) is 11.7 Å². The van der Waals surface area contributed by atoms with E-state index in [1.54, 1.807) is 18.3 Å². The smallest absolute Gasteiger partial charge is 0.259 e. The topological polar surface area (TPSA) is 98.1 Å². The Balaban J connectivity index is 1.48. The number of primary amides is 1. The van der Waals surface area contributed by atoms with Gasteiger partial charge < -0.3 is 15.2 Å². The lowest BCUT2D eigenvalue weighted by molar-refractivity contribution is -0.122. The molecule has 0 atom stereocenters. The molecule has 1 saturated heterocycles. The molecular weight excluding hydrogens is 366 g/mol. The molecule has 2 N–H and O–H groups in total. The van der Waals surface area contributed by atoms with Crippen molar-refractivity contribution in [1.29, 1.82) is 0 Å². The number of piperidine rings is 1. The minimum Gasteiger partial charge on any atom is -0.369 e. The van der Waals surface area contributed by atoms with Crippen molar-refractivity contribution < 1.29 is 9.32 Å². The number of amides is 1. The molecule has 1 aliphatic rings. The molecule has 0 saturated carbocycles. The number of aromatic nitrogens is 3. The summed E-state index contributed by atoms with van der Waals surface area (Å²) in [6.45, 7) is 1.53. The average molecular weight is 384 g/mol. The predicted octanol–water partition coefficient (Wildman–Crippen LogP) is 3.15. The monoisotopic (exact) mass is 383 g/mol. The van der Waals surface area contributed by atoms with Gasteiger partial charge in [-0.25, -0.2) is 4.98 Å². The molecule has 1 aliphatic heterocycles. The minimum absolute atomic E-state index is 0.0381. The van der Waals surface area contributed by atoms with Gasteiger partial charge in [0.25, 0.3) is 5.89 Å². The average Bonchev–Trinajstić information content (AvgIpc) is 3.18. The summed E-state index contributed by atoms with van der Waals surface area (Å²) in [5, 5.41) is 4.63. The van der Waals surface area contributed by atoms with Crippen LogP contribution in [0.4, 0.5) is 5.82 Å². The Kier molecular flexibility index (Phi) is 4.77. The van der Waals surface area contributed by atoms with Gasteiger partial charge >= 0.3 is 0 Å². The number of halogens is 1. The molecule has 1 fully saturated rings. The first-order valence-electron chi connectivity index (χ1n) is 8.70. The van der Waals surface area contributed by atoms with Crippen molar-refractivity contribution in [2.24, 2.45) is 11.7 Å². The highest BCUT2D eigenvalue weighted by molar-refractivity contribution is 6.30. The van der Waals surface area contributed by atoms with Gasteiger partial charge in [-0.15, -0.1) is 0 Å². The predicted molar refractivity (Wildman–Crippen MR) is 102 cm³/mol. The highest BCUT2D eigenvalue weighted by Crippen LogP contribution is 2.26. The molecule has 7 nitrogen and oxygen atoms in total. The van der Waals surface area contributed by atoms with Crippen molar-refractivity contribution in [3.63, 3.8) is 0 Å². The molecule has 3 heterocycles. The molecule has 0 spiro atoms. The Morgan fingerprint density at radius 1 is 1.19 bits per heavy atom. The SMILES string of the molecule is NC(=O)C1CCN(c2ccc(-c3nc(-c4cccc(Cl)c4)no3)cn2)CC1. The van der Waals surface area contributed by atoms with E-state index in [-0.39, 0.29) is 11.8 Å². The standard InChI is InChI=1S/C19H18ClN5O2/c20-15-3-1-2-13(10-15)18-23-19(27-24-18)14-4-5-16(22-11-14)25-8-6-12(7-9-25)17(21)26/h1-5,10-12H,6-9H2,(H2,21,26). The van der Waals surface area contributed by atoms with Crippen LogP contribution in [0.25, 0.3) is 22.8 Å². The molecule has 1 aromatic carbocycles. The third kappa shape index (κ3) is 3.78. The van der Waals surface area contributed by atoms with Crippen LogP contribution < -0.4 is 10.6 Å². The highest BCUT2D eigenvalue weighted by atomic mass is 35.5. The summed E-state index contributed by atoms with van der Waals surface area (Å²) in [4.78, 5) is 22.4. The fourth-order valence-corrected chi connectivity index (χ4v) is 3.37. The fourth-order valence-electron chi connectivity index (χ4n) is 3.18. The van der Waals surface area contributed by atoms with E-state index in [0.717, 1.165) is 42.9 Å². The number of nitrogens with zero attached hydrogens (tertiary/aromatic N) is 4. The first-order valence-corrected chi connectivity index (χ1v) is 9.08. The van der Waals surface area contributed by atoms with Crippen LogP contribution >= 0.6 is 11.6 Å². The molecule has 27 heavy (non-hydrogen) atoms. The van der Waals surface area contributed by atoms with E-state index in [2.05, 4.69) is 20.0 Å². The zero-order valence-corrected chi connectivity index (χ0v) is 15.3. The van der Waals surface area contributed by atoms with Gasteiger partial charge in [-0.05, 0) is 37.1 Å². The van der Waals surface area contributed by atoms with E-state index >= 15 is 0 Å². The summed E-state index contributed by atoms with van der Waals surface area (Å²) in [6, 6.07) is 11.1. The van der Waals surface area contributed by atoms with Gasteiger partial charge in [0.15, 0.2) is 0 Å². The quantitative estimate of drug-likeness (QED) is 0.743. The van der Waals surface area contributed by atoms with Gasteiger partial charge in [-0.2, -0.15) is 4.98 Å². The third-order valence-electron chi connectivity index (χ3n) is 4.72. The fraction of sp³-hybridized carbons (Fsp3) is 0.263. The Bertz CT molecular complexity index is 949. The summed E-state index contributed by atoms with van der Waals surface area (Å²) in [5.74, 6) is 1.48. The molecule has 2 aromatic heterocycles. The molecule has 8 heteroatoms. The van der Waals surface area contributed by atoms with Gasteiger partial charge in [0.1, 0.15) is 5.82 Å². The maximum Gasteiger partial charge on any atom is 0.259 e. The molecule has 0 bridgehead atoms. The van der Waals surface area contributed by atoms with Gasteiger partial charge in [0.05, 0.1) is 5.56 Å². The summed E-state index contributed by atoms with van der Waals surface area (Å²) in [6.07, 6.45) is 3.22. The molecule has 3 aromatic rings. The molecule has 138 valence electrons. The van der Waals surface area contributed by atoms with Crippen molar-refractivity contribution in [3.8, 4) is 22.8 Å². The first-order chi connectivity index (χ1) is 13.1. The Labute approximate surface area is 161 Å². The Morgan fingerprint density at radius 3 is 2.67 bits per heavy atom. The number of rotatable bonds is 4. The Morgan fingerprint density at radius 2 is 2.00 bits per heavy atom. The number of carbonyl (C=O) groups is 1. The number of benzene rings is 1. The van der Waals surface area contributed by atoms with Crippen molar-refractivity contribution in [1.82, 2.24) is 15.1 Å². The maximum absolute atomic E-state index is 11.3. The normalized spacial score (nSPS) is 15.1. The lowest BCUT2D eigenvalue weighted by atomic mass is 9.96. The highest BCUT2D eigenvalue weighted by Gasteiger charge is 2.23. The van der Waals surface area contributed by atoms with Crippen LogP contribution in [0.5, 0.6) is 0 Å². The van der Waals surface area contributed by atoms with Crippen LogP contribution in [0.15, 0.2) is 47.1 Å². The van der Waals surface area contributed by atoms with Crippen molar-refractivity contribution in [2.45, 2.75) is 12.8 Å². The lowest BCUT2D eigenvalue weighted by Gasteiger charge is -2.31. The van der Waals surface area contributed by atoms with E-state index in [1.807, 2.05) is 24.3 Å². The summed E-state index contributed by atoms with van der Waals surface area (Å²) in [5.41, 5.74) is 6.92. The lowest BCUT2D eigenvalue weighted by Crippen LogP contribution is -2.38. The van der Waals surface area contributed by atoms with Crippen LogP contribution in [0.2, 0.25) is 5.02 Å². The minimum atomic E-state index is -0.218. The number of hydrogen-bond acceptors (Lipinski definition) is 6. The van der Waals surface area contributed by atoms with Crippen LogP contribution in [-0.2, 0) is 4.79 Å². The number of anilines is 1. The molecular formula is C19H18ClN5O2. The van der Waals surface area contributed by atoms with E-state index in [9.17, 15) is 4.79 Å². The van der Waals surface area contributed by atoms with E-state index in [0.29, 0.717) is 16.7 Å². The van der Waals surface area contributed by atoms with E-state index in [1.165, 1.54) is 0 Å². The number of pyridine rings is 1. The number of carbonyl (C=O) groups excluding carboxylic acids is 1. The third-order valence-corrected chi connectivity index (χ3v) is 4.96.